The lowest BCUT2D eigenvalue weighted by molar-refractivity contribution is -0.120. The van der Waals surface area contributed by atoms with Crippen LogP contribution in [0.4, 0.5) is 5.69 Å². The number of imidazole rings is 1. The van der Waals surface area contributed by atoms with Crippen LogP contribution < -0.4 is 15.7 Å². The summed E-state index contributed by atoms with van der Waals surface area (Å²) in [5.41, 5.74) is 2.80. The topological polar surface area (TPSA) is 90.2 Å². The van der Waals surface area contributed by atoms with Gasteiger partial charge < -0.3 is 20.0 Å². The summed E-state index contributed by atoms with van der Waals surface area (Å²) in [6.45, 7) is 2.47. The summed E-state index contributed by atoms with van der Waals surface area (Å²) >= 11 is 0. The van der Waals surface area contributed by atoms with E-state index >= 15 is 0 Å². The number of methoxy groups -OCH3 is 1. The number of aromatic amines is 2. The SMILES string of the molecule is COc1cccc(CN(C)C(C)C(=O)Nc2ccc3[nH]c(=O)[nH]c3c2)c1. The summed E-state index contributed by atoms with van der Waals surface area (Å²) < 4.78 is 5.23. The van der Waals surface area contributed by atoms with E-state index in [1.807, 2.05) is 43.1 Å². The van der Waals surface area contributed by atoms with Gasteiger partial charge in [0, 0.05) is 12.2 Å². The maximum Gasteiger partial charge on any atom is 0.323 e. The highest BCUT2D eigenvalue weighted by atomic mass is 16.5. The number of anilines is 1. The van der Waals surface area contributed by atoms with Gasteiger partial charge in [0.1, 0.15) is 5.75 Å². The number of hydrogen-bond donors (Lipinski definition) is 3. The van der Waals surface area contributed by atoms with Gasteiger partial charge >= 0.3 is 5.69 Å². The van der Waals surface area contributed by atoms with E-state index in [4.69, 9.17) is 4.74 Å². The zero-order valence-electron chi connectivity index (χ0n) is 15.0. The molecule has 3 aromatic rings. The van der Waals surface area contributed by atoms with Crippen molar-refractivity contribution in [3.8, 4) is 5.75 Å². The molecule has 3 N–H and O–H groups in total. The van der Waals surface area contributed by atoms with Gasteiger partial charge in [-0.05, 0) is 49.9 Å². The van der Waals surface area contributed by atoms with Crippen molar-refractivity contribution in [1.82, 2.24) is 14.9 Å². The summed E-state index contributed by atoms with van der Waals surface area (Å²) in [7, 11) is 3.53. The van der Waals surface area contributed by atoms with Crippen LogP contribution in [0.1, 0.15) is 12.5 Å². The molecule has 0 radical (unpaired) electrons. The second-order valence-electron chi connectivity index (χ2n) is 6.27. The van der Waals surface area contributed by atoms with Crippen LogP contribution in [0.25, 0.3) is 11.0 Å². The fourth-order valence-corrected chi connectivity index (χ4v) is 2.75. The minimum absolute atomic E-state index is 0.118. The van der Waals surface area contributed by atoms with Gasteiger partial charge in [0.05, 0.1) is 24.2 Å². The van der Waals surface area contributed by atoms with Gasteiger partial charge in [-0.2, -0.15) is 0 Å². The molecule has 1 atom stereocenters. The molecule has 2 aromatic carbocycles. The molecule has 0 aliphatic heterocycles. The van der Waals surface area contributed by atoms with Crippen molar-refractivity contribution in [2.24, 2.45) is 0 Å². The highest BCUT2D eigenvalue weighted by Crippen LogP contribution is 2.17. The monoisotopic (exact) mass is 354 g/mol. The second kappa shape index (κ2) is 7.45. The Morgan fingerprint density at radius 2 is 1.96 bits per heavy atom. The number of ether oxygens (including phenoxy) is 1. The smallest absolute Gasteiger partial charge is 0.323 e. The molecular formula is C19H22N4O3. The average molecular weight is 354 g/mol. The Morgan fingerprint density at radius 3 is 2.73 bits per heavy atom. The number of hydrogen-bond acceptors (Lipinski definition) is 4. The van der Waals surface area contributed by atoms with Gasteiger partial charge in [0.2, 0.25) is 5.91 Å². The number of carbonyl (C=O) groups is 1. The Labute approximate surface area is 151 Å². The van der Waals surface area contributed by atoms with E-state index in [1.54, 1.807) is 25.3 Å². The Hall–Kier alpha value is -3.06. The van der Waals surface area contributed by atoms with Crippen molar-refractivity contribution in [2.75, 3.05) is 19.5 Å². The van der Waals surface area contributed by atoms with Gasteiger partial charge in [-0.3, -0.25) is 9.69 Å². The molecule has 0 spiro atoms. The second-order valence-corrected chi connectivity index (χ2v) is 6.27. The molecule has 26 heavy (non-hydrogen) atoms. The molecule has 0 saturated carbocycles. The lowest BCUT2D eigenvalue weighted by Crippen LogP contribution is -2.39. The highest BCUT2D eigenvalue weighted by molar-refractivity contribution is 5.96. The predicted molar refractivity (Wildman–Crippen MR) is 101 cm³/mol. The number of H-pyrrole nitrogens is 2. The number of aromatic nitrogens is 2. The number of benzene rings is 2. The first-order chi connectivity index (χ1) is 12.5. The minimum Gasteiger partial charge on any atom is -0.497 e. The third-order valence-corrected chi connectivity index (χ3v) is 4.39. The number of fused-ring (bicyclic) bond motifs is 1. The average Bonchev–Trinajstić information content (AvgIpc) is 3.00. The molecule has 0 aliphatic rings. The molecular weight excluding hydrogens is 332 g/mol. The fraction of sp³-hybridized carbons (Fsp3) is 0.263. The molecule has 0 bridgehead atoms. The van der Waals surface area contributed by atoms with Gasteiger partial charge in [0.25, 0.3) is 0 Å². The Morgan fingerprint density at radius 1 is 1.19 bits per heavy atom. The molecule has 7 heteroatoms. The zero-order chi connectivity index (χ0) is 18.7. The van der Waals surface area contributed by atoms with E-state index in [9.17, 15) is 9.59 Å². The molecule has 1 amide bonds. The number of nitrogens with zero attached hydrogens (tertiary/aromatic N) is 1. The van der Waals surface area contributed by atoms with Crippen LogP contribution in [0.3, 0.4) is 0 Å². The van der Waals surface area contributed by atoms with E-state index in [-0.39, 0.29) is 17.6 Å². The number of carbonyl (C=O) groups excluding carboxylic acids is 1. The molecule has 1 unspecified atom stereocenters. The molecule has 0 fully saturated rings. The Kier molecular flexibility index (Phi) is 5.09. The first-order valence-electron chi connectivity index (χ1n) is 8.32. The molecule has 0 saturated heterocycles. The van der Waals surface area contributed by atoms with E-state index in [2.05, 4.69) is 15.3 Å². The molecule has 0 aliphatic carbocycles. The molecule has 1 heterocycles. The summed E-state index contributed by atoms with van der Waals surface area (Å²) in [4.78, 5) is 31.2. The molecule has 136 valence electrons. The van der Waals surface area contributed by atoms with Gasteiger partial charge in [-0.25, -0.2) is 4.79 Å². The summed E-state index contributed by atoms with van der Waals surface area (Å²) in [5, 5.41) is 2.89. The van der Waals surface area contributed by atoms with E-state index in [0.29, 0.717) is 23.3 Å². The summed E-state index contributed by atoms with van der Waals surface area (Å²) in [6.07, 6.45) is 0. The first kappa shape index (κ1) is 17.8. The third kappa shape index (κ3) is 3.94. The van der Waals surface area contributed by atoms with Gasteiger partial charge in [-0.15, -0.1) is 0 Å². The lowest BCUT2D eigenvalue weighted by Gasteiger charge is -2.24. The van der Waals surface area contributed by atoms with Crippen molar-refractivity contribution in [1.29, 1.82) is 0 Å². The fourth-order valence-electron chi connectivity index (χ4n) is 2.75. The van der Waals surface area contributed by atoms with Crippen LogP contribution in [0.5, 0.6) is 5.75 Å². The lowest BCUT2D eigenvalue weighted by atomic mass is 10.1. The van der Waals surface area contributed by atoms with E-state index < -0.39 is 0 Å². The number of nitrogens with one attached hydrogen (secondary N) is 3. The predicted octanol–water partition coefficient (Wildman–Crippen LogP) is 2.32. The minimum atomic E-state index is -0.331. The van der Waals surface area contributed by atoms with Crippen LogP contribution in [-0.4, -0.2) is 41.0 Å². The first-order valence-corrected chi connectivity index (χ1v) is 8.32. The van der Waals surface area contributed by atoms with Crippen LogP contribution in [-0.2, 0) is 11.3 Å². The highest BCUT2D eigenvalue weighted by Gasteiger charge is 2.18. The van der Waals surface area contributed by atoms with Crippen LogP contribution in [0, 0.1) is 0 Å². The Balaban J connectivity index is 1.66. The van der Waals surface area contributed by atoms with Crippen LogP contribution in [0.2, 0.25) is 0 Å². The van der Waals surface area contributed by atoms with Crippen molar-refractivity contribution in [3.05, 3.63) is 58.5 Å². The van der Waals surface area contributed by atoms with Gasteiger partial charge in [0.15, 0.2) is 0 Å². The van der Waals surface area contributed by atoms with Crippen LogP contribution >= 0.6 is 0 Å². The maximum absolute atomic E-state index is 12.6. The number of rotatable bonds is 6. The quantitative estimate of drug-likeness (QED) is 0.634. The van der Waals surface area contributed by atoms with E-state index in [1.165, 1.54) is 0 Å². The van der Waals surface area contributed by atoms with Gasteiger partial charge in [-0.1, -0.05) is 12.1 Å². The number of likely N-dealkylation sites (N-methyl/N-ethyl adjacent to an activating group) is 1. The number of amides is 1. The summed E-state index contributed by atoms with van der Waals surface area (Å²) in [5.74, 6) is 0.675. The zero-order valence-corrected chi connectivity index (χ0v) is 15.0. The molecule has 3 rings (SSSR count). The molecule has 1 aromatic heterocycles. The van der Waals surface area contributed by atoms with Crippen LogP contribution in [0.15, 0.2) is 47.3 Å². The Bertz CT molecular complexity index is 976. The van der Waals surface area contributed by atoms with Crippen molar-refractivity contribution < 1.29 is 9.53 Å². The van der Waals surface area contributed by atoms with Crippen molar-refractivity contribution >= 4 is 22.6 Å². The standard InChI is InChI=1S/C19H22N4O3/c1-12(23(2)11-13-5-4-6-15(9-13)26-3)18(24)20-14-7-8-16-17(10-14)22-19(25)21-16/h4-10,12H,11H2,1-3H3,(H,20,24)(H2,21,22,25). The summed E-state index contributed by atoms with van der Waals surface area (Å²) in [6, 6.07) is 12.7. The van der Waals surface area contributed by atoms with E-state index in [0.717, 1.165) is 11.3 Å². The third-order valence-electron chi connectivity index (χ3n) is 4.39. The molecule has 7 nitrogen and oxygen atoms in total. The maximum atomic E-state index is 12.6. The van der Waals surface area contributed by atoms with Crippen molar-refractivity contribution in [3.63, 3.8) is 0 Å². The normalized spacial score (nSPS) is 12.3. The van der Waals surface area contributed by atoms with Crippen molar-refractivity contribution in [2.45, 2.75) is 19.5 Å². The largest absolute Gasteiger partial charge is 0.497 e.